The van der Waals surface area contributed by atoms with Gasteiger partial charge in [-0.2, -0.15) is 0 Å². The highest BCUT2D eigenvalue weighted by atomic mass is 19.1. The van der Waals surface area contributed by atoms with Gasteiger partial charge in [0.2, 0.25) is 0 Å². The number of nitrogens with zero attached hydrogens (tertiary/aromatic N) is 2. The standard InChI is InChI=1S/C21H25FN4O/c1-4-5-13-9-21(13)11-25-19-15(21)8-12(10-24-19)14-6-7-16(23)17(18(14)22)20(27)26(2)3/h6-8,10,13H,4-5,9,11,23H2,1-3H3,(H,24,25)/t13-,21+/m1/s1. The molecule has 0 unspecified atom stereocenters. The minimum Gasteiger partial charge on any atom is -0.398 e. The van der Waals surface area contributed by atoms with Crippen molar-refractivity contribution in [3.63, 3.8) is 0 Å². The maximum Gasteiger partial charge on any atom is 0.258 e. The molecule has 0 bridgehead atoms. The lowest BCUT2D eigenvalue weighted by Crippen LogP contribution is -2.24. The fourth-order valence-electron chi connectivity index (χ4n) is 4.38. The fourth-order valence-corrected chi connectivity index (χ4v) is 4.38. The van der Waals surface area contributed by atoms with Gasteiger partial charge in [-0.1, -0.05) is 13.3 Å². The van der Waals surface area contributed by atoms with Gasteiger partial charge in [0.15, 0.2) is 0 Å². The fraction of sp³-hybridized carbons (Fsp3) is 0.429. The minimum atomic E-state index is -0.587. The maximum atomic E-state index is 15.2. The van der Waals surface area contributed by atoms with Crippen LogP contribution < -0.4 is 11.1 Å². The number of carbonyl (C=O) groups is 1. The quantitative estimate of drug-likeness (QED) is 0.808. The molecule has 1 amide bonds. The number of hydrogen-bond donors (Lipinski definition) is 2. The number of carbonyl (C=O) groups excluding carboxylic acids is 1. The summed E-state index contributed by atoms with van der Waals surface area (Å²) in [7, 11) is 3.17. The average Bonchev–Trinajstić information content (AvgIpc) is 3.21. The first-order valence-corrected chi connectivity index (χ1v) is 9.43. The third-order valence-corrected chi connectivity index (χ3v) is 5.97. The molecule has 6 heteroatoms. The van der Waals surface area contributed by atoms with Gasteiger partial charge in [0.25, 0.3) is 5.91 Å². The van der Waals surface area contributed by atoms with E-state index in [1.165, 1.54) is 16.9 Å². The van der Waals surface area contributed by atoms with Crippen LogP contribution >= 0.6 is 0 Å². The van der Waals surface area contributed by atoms with Crippen LogP contribution in [0.15, 0.2) is 24.4 Å². The molecule has 2 atom stereocenters. The summed E-state index contributed by atoms with van der Waals surface area (Å²) in [5.74, 6) is 0.536. The van der Waals surface area contributed by atoms with Crippen molar-refractivity contribution >= 4 is 17.4 Å². The van der Waals surface area contributed by atoms with Crippen LogP contribution in [0, 0.1) is 11.7 Å². The molecule has 1 fully saturated rings. The summed E-state index contributed by atoms with van der Waals surface area (Å²) in [6.07, 6.45) is 5.18. The van der Waals surface area contributed by atoms with E-state index in [1.807, 2.05) is 6.07 Å². The number of rotatable bonds is 4. The first-order valence-electron chi connectivity index (χ1n) is 9.43. The van der Waals surface area contributed by atoms with Gasteiger partial charge < -0.3 is 16.0 Å². The van der Waals surface area contributed by atoms with Crippen molar-refractivity contribution in [2.24, 2.45) is 5.92 Å². The average molecular weight is 368 g/mol. The van der Waals surface area contributed by atoms with E-state index in [9.17, 15) is 4.79 Å². The van der Waals surface area contributed by atoms with Crippen molar-refractivity contribution in [3.05, 3.63) is 41.3 Å². The summed E-state index contributed by atoms with van der Waals surface area (Å²) in [4.78, 5) is 18.2. The number of nitrogens with two attached hydrogens (primary N) is 1. The second-order valence-corrected chi connectivity index (χ2v) is 7.91. The van der Waals surface area contributed by atoms with Crippen LogP contribution in [-0.4, -0.2) is 36.4 Å². The number of fused-ring (bicyclic) bond motifs is 2. The Morgan fingerprint density at radius 3 is 2.93 bits per heavy atom. The van der Waals surface area contributed by atoms with Crippen molar-refractivity contribution in [2.45, 2.75) is 31.6 Å². The molecule has 2 aliphatic rings. The molecule has 3 N–H and O–H groups in total. The van der Waals surface area contributed by atoms with Crippen LogP contribution in [0.3, 0.4) is 0 Å². The minimum absolute atomic E-state index is 0.0823. The predicted molar refractivity (Wildman–Crippen MR) is 105 cm³/mol. The second kappa shape index (κ2) is 6.22. The van der Waals surface area contributed by atoms with Crippen molar-refractivity contribution in [2.75, 3.05) is 31.7 Å². The summed E-state index contributed by atoms with van der Waals surface area (Å²) >= 11 is 0. The Morgan fingerprint density at radius 2 is 2.22 bits per heavy atom. The topological polar surface area (TPSA) is 71.2 Å². The van der Waals surface area contributed by atoms with Gasteiger partial charge >= 0.3 is 0 Å². The zero-order valence-corrected chi connectivity index (χ0v) is 16.0. The smallest absolute Gasteiger partial charge is 0.258 e. The van der Waals surface area contributed by atoms with Crippen LogP contribution in [0.2, 0.25) is 0 Å². The normalized spacial score (nSPS) is 22.4. The Balaban J connectivity index is 1.77. The van der Waals surface area contributed by atoms with Crippen LogP contribution in [0.25, 0.3) is 11.1 Å². The number of anilines is 2. The van der Waals surface area contributed by atoms with Gasteiger partial charge in [0, 0.05) is 54.6 Å². The van der Waals surface area contributed by atoms with E-state index in [1.54, 1.807) is 32.4 Å². The Kier molecular flexibility index (Phi) is 4.09. The Labute approximate surface area is 158 Å². The lowest BCUT2D eigenvalue weighted by atomic mass is 9.92. The maximum absolute atomic E-state index is 15.2. The molecule has 2 heterocycles. The van der Waals surface area contributed by atoms with E-state index < -0.39 is 11.7 Å². The number of hydrogen-bond acceptors (Lipinski definition) is 4. The van der Waals surface area contributed by atoms with Crippen LogP contribution in [-0.2, 0) is 5.41 Å². The highest BCUT2D eigenvalue weighted by Crippen LogP contribution is 2.60. The molecule has 1 aliphatic carbocycles. The van der Waals surface area contributed by atoms with Crippen LogP contribution in [0.1, 0.15) is 42.1 Å². The number of nitrogens with one attached hydrogen (secondary N) is 1. The molecule has 1 spiro atoms. The molecule has 1 aromatic heterocycles. The third-order valence-electron chi connectivity index (χ3n) is 5.97. The van der Waals surface area contributed by atoms with Crippen molar-refractivity contribution in [1.82, 2.24) is 9.88 Å². The van der Waals surface area contributed by atoms with Crippen LogP contribution in [0.5, 0.6) is 0 Å². The van der Waals surface area contributed by atoms with Gasteiger partial charge in [-0.05, 0) is 37.0 Å². The summed E-state index contributed by atoms with van der Waals surface area (Å²) < 4.78 is 15.2. The zero-order valence-electron chi connectivity index (χ0n) is 16.0. The highest BCUT2D eigenvalue weighted by Gasteiger charge is 2.58. The van der Waals surface area contributed by atoms with Crippen molar-refractivity contribution in [1.29, 1.82) is 0 Å². The van der Waals surface area contributed by atoms with E-state index in [2.05, 4.69) is 17.2 Å². The molecule has 1 aromatic carbocycles. The van der Waals surface area contributed by atoms with E-state index in [0.717, 1.165) is 25.2 Å². The number of halogens is 1. The summed E-state index contributed by atoms with van der Waals surface area (Å²) in [5, 5.41) is 3.40. The van der Waals surface area contributed by atoms with E-state index >= 15 is 4.39 Å². The van der Waals surface area contributed by atoms with E-state index in [-0.39, 0.29) is 16.7 Å². The lowest BCUT2D eigenvalue weighted by molar-refractivity contribution is 0.0824. The van der Waals surface area contributed by atoms with Crippen molar-refractivity contribution < 1.29 is 9.18 Å². The summed E-state index contributed by atoms with van der Waals surface area (Å²) in [5.41, 5.74) is 8.31. The molecule has 4 rings (SSSR count). The Hall–Kier alpha value is -2.63. The predicted octanol–water partition coefficient (Wildman–Crippen LogP) is 3.66. The summed E-state index contributed by atoms with van der Waals surface area (Å²) in [6.45, 7) is 3.11. The monoisotopic (exact) mass is 368 g/mol. The molecule has 142 valence electrons. The molecule has 0 saturated heterocycles. The molecule has 1 saturated carbocycles. The molecular weight excluding hydrogens is 343 g/mol. The molecule has 2 aromatic rings. The lowest BCUT2D eigenvalue weighted by Gasteiger charge is -2.16. The Morgan fingerprint density at radius 1 is 1.44 bits per heavy atom. The SMILES string of the molecule is CCC[C@@H]1C[C@]12CNc1ncc(-c3ccc(N)c(C(=O)N(C)C)c3F)cc12. The number of nitrogen functional groups attached to an aromatic ring is 1. The molecule has 5 nitrogen and oxygen atoms in total. The van der Waals surface area contributed by atoms with Crippen LogP contribution in [0.4, 0.5) is 15.9 Å². The van der Waals surface area contributed by atoms with Crippen molar-refractivity contribution in [3.8, 4) is 11.1 Å². The van der Waals surface area contributed by atoms with E-state index in [0.29, 0.717) is 17.0 Å². The molecular formula is C21H25FN4O. The number of pyridine rings is 1. The zero-order chi connectivity index (χ0) is 19.3. The summed E-state index contributed by atoms with van der Waals surface area (Å²) in [6, 6.07) is 5.26. The number of benzene rings is 1. The van der Waals surface area contributed by atoms with Gasteiger partial charge in [0.05, 0.1) is 5.56 Å². The third kappa shape index (κ3) is 2.66. The highest BCUT2D eigenvalue weighted by molar-refractivity contribution is 6.00. The molecule has 1 aliphatic heterocycles. The molecule has 0 radical (unpaired) electrons. The van der Waals surface area contributed by atoms with Gasteiger partial charge in [0.1, 0.15) is 11.6 Å². The second-order valence-electron chi connectivity index (χ2n) is 7.91. The Bertz CT molecular complexity index is 927. The van der Waals surface area contributed by atoms with Gasteiger partial charge in [-0.15, -0.1) is 0 Å². The first kappa shape index (κ1) is 17.8. The largest absolute Gasteiger partial charge is 0.398 e. The molecule has 27 heavy (non-hydrogen) atoms. The first-order chi connectivity index (χ1) is 12.9. The van der Waals surface area contributed by atoms with Gasteiger partial charge in [-0.25, -0.2) is 9.37 Å². The number of amides is 1. The van der Waals surface area contributed by atoms with Gasteiger partial charge in [-0.3, -0.25) is 4.79 Å². The number of aromatic nitrogens is 1. The van der Waals surface area contributed by atoms with E-state index in [4.69, 9.17) is 5.73 Å².